The van der Waals surface area contributed by atoms with Crippen LogP contribution in [0.3, 0.4) is 0 Å². The Kier molecular flexibility index (Phi) is 7.14. The summed E-state index contributed by atoms with van der Waals surface area (Å²) in [4.78, 5) is 0. The molecule has 0 heterocycles. The van der Waals surface area contributed by atoms with E-state index >= 15 is 0 Å². The molecule has 0 unspecified atom stereocenters. The summed E-state index contributed by atoms with van der Waals surface area (Å²) in [7, 11) is 0. The van der Waals surface area contributed by atoms with Crippen LogP contribution in [0.1, 0.15) is 53.9 Å². The minimum atomic E-state index is -4.80. The van der Waals surface area contributed by atoms with E-state index in [1.807, 2.05) is 6.08 Å². The van der Waals surface area contributed by atoms with E-state index in [1.165, 1.54) is 12.1 Å². The third kappa shape index (κ3) is 5.91. The number of benzene rings is 2. The van der Waals surface area contributed by atoms with Gasteiger partial charge in [-0.25, -0.2) is 4.39 Å². The van der Waals surface area contributed by atoms with Gasteiger partial charge in [0.05, 0.1) is 17.7 Å². The third-order valence-corrected chi connectivity index (χ3v) is 5.84. The van der Waals surface area contributed by atoms with Gasteiger partial charge in [-0.1, -0.05) is 36.4 Å². The average molecular weight is 442 g/mol. The van der Waals surface area contributed by atoms with Gasteiger partial charge in [0, 0.05) is 0 Å². The lowest BCUT2D eigenvalue weighted by molar-refractivity contribution is -0.248. The van der Waals surface area contributed by atoms with Crippen molar-refractivity contribution in [2.24, 2.45) is 5.92 Å². The SMILES string of the molecule is C=CC1CCC(c2ccc(C(F)(F)OCCc3ccc(C(F)(F)F)c(F)c3)cc2)CC1. The van der Waals surface area contributed by atoms with Gasteiger partial charge in [0.1, 0.15) is 5.82 Å². The fourth-order valence-corrected chi connectivity index (χ4v) is 3.96. The molecule has 168 valence electrons. The van der Waals surface area contributed by atoms with Gasteiger partial charge in [-0.15, -0.1) is 6.58 Å². The van der Waals surface area contributed by atoms with Crippen LogP contribution in [0.2, 0.25) is 0 Å². The molecular formula is C24H24F6O. The smallest absolute Gasteiger partial charge is 0.316 e. The molecule has 1 saturated carbocycles. The monoisotopic (exact) mass is 442 g/mol. The number of ether oxygens (including phenoxy) is 1. The number of alkyl halides is 5. The van der Waals surface area contributed by atoms with Gasteiger partial charge in [-0.3, -0.25) is 0 Å². The Hall–Kier alpha value is -2.28. The van der Waals surface area contributed by atoms with E-state index in [-0.39, 0.29) is 17.5 Å². The van der Waals surface area contributed by atoms with E-state index in [1.54, 1.807) is 12.1 Å². The van der Waals surface area contributed by atoms with E-state index in [0.29, 0.717) is 24.0 Å². The second-order valence-corrected chi connectivity index (χ2v) is 7.90. The number of rotatable bonds is 7. The topological polar surface area (TPSA) is 9.23 Å². The van der Waals surface area contributed by atoms with E-state index in [4.69, 9.17) is 0 Å². The molecule has 7 heteroatoms. The number of halogens is 6. The average Bonchev–Trinajstić information content (AvgIpc) is 2.73. The Morgan fingerprint density at radius 2 is 1.58 bits per heavy atom. The summed E-state index contributed by atoms with van der Waals surface area (Å²) < 4.78 is 84.8. The summed E-state index contributed by atoms with van der Waals surface area (Å²) in [6.07, 6.45) is -2.46. The molecule has 0 aromatic heterocycles. The molecule has 0 radical (unpaired) electrons. The van der Waals surface area contributed by atoms with Crippen molar-refractivity contribution in [1.82, 2.24) is 0 Å². The van der Waals surface area contributed by atoms with Crippen LogP contribution in [0.5, 0.6) is 0 Å². The molecule has 0 aliphatic heterocycles. The van der Waals surface area contributed by atoms with Crippen LogP contribution in [-0.2, 0) is 23.4 Å². The minimum absolute atomic E-state index is 0.144. The predicted molar refractivity (Wildman–Crippen MR) is 106 cm³/mol. The van der Waals surface area contributed by atoms with E-state index in [0.717, 1.165) is 37.3 Å². The molecule has 0 saturated heterocycles. The van der Waals surface area contributed by atoms with Gasteiger partial charge >= 0.3 is 12.3 Å². The van der Waals surface area contributed by atoms with Crippen LogP contribution < -0.4 is 0 Å². The highest BCUT2D eigenvalue weighted by molar-refractivity contribution is 5.28. The molecule has 2 aromatic rings. The number of hydrogen-bond donors (Lipinski definition) is 0. The third-order valence-electron chi connectivity index (χ3n) is 5.84. The van der Waals surface area contributed by atoms with Crippen molar-refractivity contribution in [2.75, 3.05) is 6.61 Å². The van der Waals surface area contributed by atoms with Crippen LogP contribution in [-0.4, -0.2) is 6.61 Å². The molecule has 31 heavy (non-hydrogen) atoms. The van der Waals surface area contributed by atoms with Gasteiger partial charge in [0.25, 0.3) is 0 Å². The molecule has 0 atom stereocenters. The van der Waals surface area contributed by atoms with Crippen LogP contribution in [0, 0.1) is 11.7 Å². The molecule has 0 N–H and O–H groups in total. The standard InChI is InChI=1S/C24H24F6O/c1-2-16-3-6-18(7-4-16)19-8-10-20(11-9-19)24(29,30)31-14-13-17-5-12-21(22(25)15-17)23(26,27)28/h2,5,8-12,15-16,18H,1,3-4,6-7,13-14H2. The summed E-state index contributed by atoms with van der Waals surface area (Å²) in [5, 5.41) is 0. The van der Waals surface area contributed by atoms with Gasteiger partial charge in [-0.2, -0.15) is 22.0 Å². The molecular weight excluding hydrogens is 418 g/mol. The van der Waals surface area contributed by atoms with Gasteiger partial charge in [0.15, 0.2) is 0 Å². The van der Waals surface area contributed by atoms with Crippen molar-refractivity contribution in [2.45, 2.75) is 50.3 Å². The molecule has 1 fully saturated rings. The number of hydrogen-bond acceptors (Lipinski definition) is 1. The maximum absolute atomic E-state index is 14.4. The molecule has 0 spiro atoms. The first kappa shape index (κ1) is 23.4. The predicted octanol–water partition coefficient (Wildman–Crippen LogP) is 7.61. The zero-order chi connectivity index (χ0) is 22.6. The fraction of sp³-hybridized carbons (Fsp3) is 0.417. The van der Waals surface area contributed by atoms with E-state index < -0.39 is 30.3 Å². The second-order valence-electron chi connectivity index (χ2n) is 7.90. The molecule has 2 aromatic carbocycles. The van der Waals surface area contributed by atoms with Crippen LogP contribution in [0.25, 0.3) is 0 Å². The Bertz CT molecular complexity index is 880. The summed E-state index contributed by atoms with van der Waals surface area (Å²) in [6.45, 7) is 3.35. The molecule has 1 aliphatic carbocycles. The lowest BCUT2D eigenvalue weighted by atomic mass is 9.79. The number of allylic oxidation sites excluding steroid dienone is 1. The zero-order valence-electron chi connectivity index (χ0n) is 16.9. The highest BCUT2D eigenvalue weighted by atomic mass is 19.4. The Labute approximate surface area is 177 Å². The normalized spacial score (nSPS) is 19.9. The maximum atomic E-state index is 14.4. The lowest BCUT2D eigenvalue weighted by Gasteiger charge is -2.27. The first-order valence-electron chi connectivity index (χ1n) is 10.2. The Morgan fingerprint density at radius 1 is 0.935 bits per heavy atom. The first-order chi connectivity index (χ1) is 14.6. The van der Waals surface area contributed by atoms with Crippen molar-refractivity contribution in [3.8, 4) is 0 Å². The second kappa shape index (κ2) is 9.47. The van der Waals surface area contributed by atoms with Crippen molar-refractivity contribution < 1.29 is 31.1 Å². The summed E-state index contributed by atoms with van der Waals surface area (Å²) in [5.41, 5.74) is -0.524. The quantitative estimate of drug-likeness (QED) is 0.317. The van der Waals surface area contributed by atoms with Crippen LogP contribution in [0.4, 0.5) is 26.3 Å². The van der Waals surface area contributed by atoms with E-state index in [2.05, 4.69) is 11.3 Å². The molecule has 0 bridgehead atoms. The molecule has 1 aliphatic rings. The molecule has 1 nitrogen and oxygen atoms in total. The highest BCUT2D eigenvalue weighted by Gasteiger charge is 2.35. The van der Waals surface area contributed by atoms with Crippen molar-refractivity contribution in [1.29, 1.82) is 0 Å². The Morgan fingerprint density at radius 3 is 2.13 bits per heavy atom. The first-order valence-corrected chi connectivity index (χ1v) is 10.2. The van der Waals surface area contributed by atoms with Crippen LogP contribution in [0.15, 0.2) is 55.1 Å². The molecule has 0 amide bonds. The maximum Gasteiger partial charge on any atom is 0.419 e. The largest absolute Gasteiger partial charge is 0.419 e. The van der Waals surface area contributed by atoms with Gasteiger partial charge < -0.3 is 4.74 Å². The van der Waals surface area contributed by atoms with Crippen molar-refractivity contribution in [3.05, 3.63) is 83.2 Å². The molecule has 3 rings (SSSR count). The fourth-order valence-electron chi connectivity index (χ4n) is 3.96. The minimum Gasteiger partial charge on any atom is -0.316 e. The summed E-state index contributed by atoms with van der Waals surface area (Å²) in [6, 6.07) is 8.42. The van der Waals surface area contributed by atoms with Crippen LogP contribution >= 0.6 is 0 Å². The van der Waals surface area contributed by atoms with Crippen molar-refractivity contribution in [3.63, 3.8) is 0 Å². The van der Waals surface area contributed by atoms with E-state index in [9.17, 15) is 26.3 Å². The zero-order valence-corrected chi connectivity index (χ0v) is 16.9. The summed E-state index contributed by atoms with van der Waals surface area (Å²) in [5.74, 6) is -0.574. The van der Waals surface area contributed by atoms with Gasteiger partial charge in [0.2, 0.25) is 0 Å². The van der Waals surface area contributed by atoms with Crippen molar-refractivity contribution >= 4 is 0 Å². The lowest BCUT2D eigenvalue weighted by Crippen LogP contribution is -2.20. The highest BCUT2D eigenvalue weighted by Crippen LogP contribution is 2.37. The summed E-state index contributed by atoms with van der Waals surface area (Å²) >= 11 is 0. The van der Waals surface area contributed by atoms with Gasteiger partial charge in [-0.05, 0) is 67.2 Å². The Balaban J connectivity index is 1.56.